The minimum atomic E-state index is 0.756. The van der Waals surface area contributed by atoms with Crippen LogP contribution in [0.4, 0.5) is 5.13 Å². The van der Waals surface area contributed by atoms with E-state index in [0.29, 0.717) is 0 Å². The Kier molecular flexibility index (Phi) is 3.80. The van der Waals surface area contributed by atoms with Crippen molar-refractivity contribution in [3.05, 3.63) is 35.2 Å². The molecule has 0 spiro atoms. The smallest absolute Gasteiger partial charge is 0.197 e. The number of anilines is 1. The van der Waals surface area contributed by atoms with E-state index in [1.54, 1.807) is 0 Å². The van der Waals surface area contributed by atoms with Gasteiger partial charge in [-0.3, -0.25) is 5.43 Å². The average molecular weight is 273 g/mol. The average Bonchev–Trinajstić information content (AvgIpc) is 2.97. The summed E-state index contributed by atoms with van der Waals surface area (Å²) < 4.78 is 0. The van der Waals surface area contributed by atoms with Gasteiger partial charge in [0.2, 0.25) is 0 Å². The highest BCUT2D eigenvalue weighted by Gasteiger charge is 2.15. The molecule has 3 nitrogen and oxygen atoms in total. The van der Waals surface area contributed by atoms with Gasteiger partial charge in [0.1, 0.15) is 0 Å². The van der Waals surface area contributed by atoms with Crippen molar-refractivity contribution < 1.29 is 0 Å². The molecule has 2 aromatic rings. The summed E-state index contributed by atoms with van der Waals surface area (Å²) >= 11 is 1.53. The first-order chi connectivity index (χ1) is 9.36. The quantitative estimate of drug-likeness (QED) is 0.652. The number of hydrogen-bond donors (Lipinski definition) is 2. The Hall–Kier alpha value is -1.39. The number of nitrogens with zero attached hydrogens (tertiary/aromatic N) is 1. The Balaban J connectivity index is 1.78. The van der Waals surface area contributed by atoms with Gasteiger partial charge in [-0.15, -0.1) is 11.3 Å². The number of nitrogen functional groups attached to an aromatic ring is 1. The molecule has 3 rings (SSSR count). The summed E-state index contributed by atoms with van der Waals surface area (Å²) in [5, 5.41) is 2.79. The van der Waals surface area contributed by atoms with Crippen LogP contribution in [0.2, 0.25) is 0 Å². The lowest BCUT2D eigenvalue weighted by molar-refractivity contribution is 0.443. The second-order valence-corrected chi connectivity index (χ2v) is 6.00. The van der Waals surface area contributed by atoms with E-state index in [1.165, 1.54) is 49.0 Å². The zero-order valence-electron chi connectivity index (χ0n) is 10.9. The molecule has 1 aromatic carbocycles. The SMILES string of the molecule is NNc1nc(-c2ccc(C3CCCCC3)cc2)cs1. The van der Waals surface area contributed by atoms with E-state index in [2.05, 4.69) is 34.7 Å². The molecule has 0 amide bonds. The van der Waals surface area contributed by atoms with Crippen molar-refractivity contribution in [2.24, 2.45) is 5.84 Å². The molecule has 0 unspecified atom stereocenters. The first-order valence-electron chi connectivity index (χ1n) is 6.89. The molecule has 1 aromatic heterocycles. The maximum Gasteiger partial charge on any atom is 0.197 e. The molecule has 3 N–H and O–H groups in total. The van der Waals surface area contributed by atoms with E-state index >= 15 is 0 Å². The van der Waals surface area contributed by atoms with Crippen molar-refractivity contribution in [2.45, 2.75) is 38.0 Å². The minimum absolute atomic E-state index is 0.756. The lowest BCUT2D eigenvalue weighted by atomic mass is 9.84. The largest absolute Gasteiger partial charge is 0.300 e. The molecule has 0 atom stereocenters. The van der Waals surface area contributed by atoms with Crippen LogP contribution < -0.4 is 11.3 Å². The number of rotatable bonds is 3. The fourth-order valence-corrected chi connectivity index (χ4v) is 3.47. The predicted molar refractivity (Wildman–Crippen MR) is 81.2 cm³/mol. The zero-order chi connectivity index (χ0) is 13.1. The fraction of sp³-hybridized carbons (Fsp3) is 0.400. The molecule has 0 saturated heterocycles. The van der Waals surface area contributed by atoms with Gasteiger partial charge >= 0.3 is 0 Å². The Morgan fingerprint density at radius 3 is 2.47 bits per heavy atom. The normalized spacial score (nSPS) is 16.5. The van der Waals surface area contributed by atoms with Crippen molar-refractivity contribution in [3.63, 3.8) is 0 Å². The number of nitrogens with one attached hydrogen (secondary N) is 1. The number of benzene rings is 1. The fourth-order valence-electron chi connectivity index (χ4n) is 2.83. The van der Waals surface area contributed by atoms with Crippen LogP contribution in [0.25, 0.3) is 11.3 Å². The van der Waals surface area contributed by atoms with E-state index in [0.717, 1.165) is 22.3 Å². The van der Waals surface area contributed by atoms with Gasteiger partial charge in [-0.1, -0.05) is 43.5 Å². The van der Waals surface area contributed by atoms with Gasteiger partial charge in [0, 0.05) is 10.9 Å². The summed E-state index contributed by atoms with van der Waals surface area (Å²) in [7, 11) is 0. The summed E-state index contributed by atoms with van der Waals surface area (Å²) in [4.78, 5) is 4.42. The van der Waals surface area contributed by atoms with Crippen molar-refractivity contribution in [2.75, 3.05) is 5.43 Å². The van der Waals surface area contributed by atoms with Crippen LogP contribution in [0.3, 0.4) is 0 Å². The van der Waals surface area contributed by atoms with Gasteiger partial charge in [-0.05, 0) is 24.3 Å². The monoisotopic (exact) mass is 273 g/mol. The third-order valence-corrected chi connectivity index (χ3v) is 4.68. The van der Waals surface area contributed by atoms with Crippen molar-refractivity contribution in [3.8, 4) is 11.3 Å². The van der Waals surface area contributed by atoms with Crippen LogP contribution in [-0.4, -0.2) is 4.98 Å². The second kappa shape index (κ2) is 5.72. The summed E-state index contributed by atoms with van der Waals surface area (Å²) in [5.41, 5.74) is 6.23. The van der Waals surface area contributed by atoms with Crippen LogP contribution in [0.5, 0.6) is 0 Å². The molecular weight excluding hydrogens is 254 g/mol. The molecule has 19 heavy (non-hydrogen) atoms. The Labute approximate surface area is 117 Å². The molecule has 1 aliphatic rings. The number of hydrogen-bond acceptors (Lipinski definition) is 4. The van der Waals surface area contributed by atoms with E-state index in [4.69, 9.17) is 5.84 Å². The molecular formula is C15H19N3S. The first-order valence-corrected chi connectivity index (χ1v) is 7.77. The maximum absolute atomic E-state index is 5.36. The molecule has 0 aliphatic heterocycles. The number of thiazole rings is 1. The standard InChI is InChI=1S/C15H19N3S/c16-18-15-17-14(10-19-15)13-8-6-12(7-9-13)11-4-2-1-3-5-11/h6-11H,1-5,16H2,(H,17,18). The van der Waals surface area contributed by atoms with Gasteiger partial charge in [-0.2, -0.15) is 0 Å². The van der Waals surface area contributed by atoms with Crippen molar-refractivity contribution in [1.82, 2.24) is 4.98 Å². The van der Waals surface area contributed by atoms with E-state index in [9.17, 15) is 0 Å². The minimum Gasteiger partial charge on any atom is -0.300 e. The van der Waals surface area contributed by atoms with Gasteiger partial charge in [0.25, 0.3) is 0 Å². The lowest BCUT2D eigenvalue weighted by Crippen LogP contribution is -2.05. The number of hydrazine groups is 1. The summed E-state index contributed by atoms with van der Waals surface area (Å²) in [5.74, 6) is 6.12. The van der Waals surface area contributed by atoms with Crippen molar-refractivity contribution in [1.29, 1.82) is 0 Å². The van der Waals surface area contributed by atoms with Crippen LogP contribution in [0.15, 0.2) is 29.6 Å². The number of aromatic nitrogens is 1. The second-order valence-electron chi connectivity index (χ2n) is 5.14. The van der Waals surface area contributed by atoms with Gasteiger partial charge in [0.15, 0.2) is 5.13 Å². The first kappa shape index (κ1) is 12.6. The number of nitrogens with two attached hydrogens (primary N) is 1. The molecule has 1 fully saturated rings. The highest BCUT2D eigenvalue weighted by molar-refractivity contribution is 7.14. The molecule has 0 radical (unpaired) electrons. The van der Waals surface area contributed by atoms with Crippen LogP contribution in [0, 0.1) is 0 Å². The molecule has 1 heterocycles. The Morgan fingerprint density at radius 1 is 1.11 bits per heavy atom. The van der Waals surface area contributed by atoms with E-state index < -0.39 is 0 Å². The van der Waals surface area contributed by atoms with Crippen LogP contribution in [-0.2, 0) is 0 Å². The third kappa shape index (κ3) is 2.80. The Morgan fingerprint density at radius 2 is 1.84 bits per heavy atom. The molecule has 0 bridgehead atoms. The highest BCUT2D eigenvalue weighted by atomic mass is 32.1. The van der Waals surface area contributed by atoms with E-state index in [1.807, 2.05) is 5.38 Å². The Bertz CT molecular complexity index is 527. The van der Waals surface area contributed by atoms with Gasteiger partial charge < -0.3 is 0 Å². The third-order valence-electron chi connectivity index (χ3n) is 3.91. The lowest BCUT2D eigenvalue weighted by Gasteiger charge is -2.22. The molecule has 1 saturated carbocycles. The summed E-state index contributed by atoms with van der Waals surface area (Å²) in [6.07, 6.45) is 6.85. The molecule has 100 valence electrons. The molecule has 1 aliphatic carbocycles. The predicted octanol–water partition coefficient (Wildman–Crippen LogP) is 4.14. The van der Waals surface area contributed by atoms with Crippen LogP contribution >= 0.6 is 11.3 Å². The van der Waals surface area contributed by atoms with Crippen molar-refractivity contribution >= 4 is 16.5 Å². The summed E-state index contributed by atoms with van der Waals surface area (Å²) in [6.45, 7) is 0. The molecule has 4 heteroatoms. The topological polar surface area (TPSA) is 50.9 Å². The summed E-state index contributed by atoms with van der Waals surface area (Å²) in [6, 6.07) is 8.89. The van der Waals surface area contributed by atoms with Gasteiger partial charge in [-0.25, -0.2) is 10.8 Å². The maximum atomic E-state index is 5.36. The highest BCUT2D eigenvalue weighted by Crippen LogP contribution is 2.33. The zero-order valence-corrected chi connectivity index (χ0v) is 11.7. The van der Waals surface area contributed by atoms with Crippen LogP contribution in [0.1, 0.15) is 43.6 Å². The van der Waals surface area contributed by atoms with Gasteiger partial charge in [0.05, 0.1) is 5.69 Å². The van der Waals surface area contributed by atoms with E-state index in [-0.39, 0.29) is 0 Å².